The van der Waals surface area contributed by atoms with Gasteiger partial charge in [0.25, 0.3) is 0 Å². The lowest BCUT2D eigenvalue weighted by Crippen LogP contribution is -2.33. The number of nitrogens with one attached hydrogen (secondary N) is 2. The van der Waals surface area contributed by atoms with E-state index >= 15 is 0 Å². The SMILES string of the molecule is NC1CCC(Nc2cc(=NC3CC3)n3ncc(=Cc4cc(O)[nH]c4O)c3n2)CC1. The van der Waals surface area contributed by atoms with Gasteiger partial charge >= 0.3 is 0 Å². The fraction of sp³-hybridized carbons (Fsp3) is 0.450. The summed E-state index contributed by atoms with van der Waals surface area (Å²) in [4.78, 5) is 12.1. The lowest BCUT2D eigenvalue weighted by Gasteiger charge is -2.27. The topological polar surface area (TPSA) is 137 Å². The molecular weight excluding hydrogens is 370 g/mol. The molecule has 0 bridgehead atoms. The molecule has 152 valence electrons. The van der Waals surface area contributed by atoms with E-state index in [0.29, 0.717) is 29.3 Å². The number of fused-ring (bicyclic) bond motifs is 1. The van der Waals surface area contributed by atoms with Crippen LogP contribution >= 0.6 is 0 Å². The average Bonchev–Trinajstić information content (AvgIpc) is 3.33. The minimum Gasteiger partial charge on any atom is -0.494 e. The number of hydrogen-bond donors (Lipinski definition) is 5. The number of aromatic nitrogens is 4. The van der Waals surface area contributed by atoms with Crippen LogP contribution < -0.4 is 21.8 Å². The molecule has 5 rings (SSSR count). The van der Waals surface area contributed by atoms with Gasteiger partial charge in [0.15, 0.2) is 22.9 Å². The van der Waals surface area contributed by atoms with Crippen LogP contribution in [0.25, 0.3) is 11.7 Å². The molecule has 9 nitrogen and oxygen atoms in total. The van der Waals surface area contributed by atoms with Crippen LogP contribution in [0.4, 0.5) is 5.82 Å². The monoisotopic (exact) mass is 395 g/mol. The van der Waals surface area contributed by atoms with Gasteiger partial charge in [-0.05, 0) is 44.6 Å². The van der Waals surface area contributed by atoms with E-state index in [0.717, 1.165) is 55.0 Å². The zero-order valence-electron chi connectivity index (χ0n) is 16.0. The smallest absolute Gasteiger partial charge is 0.198 e. The van der Waals surface area contributed by atoms with Crippen molar-refractivity contribution in [3.8, 4) is 11.8 Å². The zero-order chi connectivity index (χ0) is 20.0. The van der Waals surface area contributed by atoms with Gasteiger partial charge in [-0.3, -0.25) is 9.98 Å². The van der Waals surface area contributed by atoms with Crippen molar-refractivity contribution in [3.05, 3.63) is 34.6 Å². The molecule has 6 N–H and O–H groups in total. The van der Waals surface area contributed by atoms with Crippen LogP contribution in [0.3, 0.4) is 0 Å². The molecule has 3 aromatic heterocycles. The molecule has 9 heteroatoms. The number of aromatic hydroxyl groups is 2. The molecule has 29 heavy (non-hydrogen) atoms. The van der Waals surface area contributed by atoms with Crippen molar-refractivity contribution in [2.24, 2.45) is 10.7 Å². The first-order chi connectivity index (χ1) is 14.0. The van der Waals surface area contributed by atoms with Crippen LogP contribution in [0.15, 0.2) is 23.3 Å². The summed E-state index contributed by atoms with van der Waals surface area (Å²) in [7, 11) is 0. The molecule has 0 spiro atoms. The summed E-state index contributed by atoms with van der Waals surface area (Å²) in [6, 6.07) is 4.41. The third-order valence-corrected chi connectivity index (χ3v) is 5.59. The number of rotatable bonds is 4. The molecule has 2 aliphatic rings. The second-order valence-electron chi connectivity index (χ2n) is 8.05. The Morgan fingerprint density at radius 1 is 1.17 bits per heavy atom. The number of hydrogen-bond acceptors (Lipinski definition) is 7. The van der Waals surface area contributed by atoms with Gasteiger partial charge < -0.3 is 21.3 Å². The van der Waals surface area contributed by atoms with E-state index in [1.807, 2.05) is 6.07 Å². The van der Waals surface area contributed by atoms with Crippen LogP contribution in [0.2, 0.25) is 0 Å². The minimum absolute atomic E-state index is 0.0968. The Labute approximate surface area is 167 Å². The van der Waals surface area contributed by atoms with E-state index in [4.69, 9.17) is 15.7 Å². The molecule has 0 amide bonds. The predicted octanol–water partition coefficient (Wildman–Crippen LogP) is 0.761. The third-order valence-electron chi connectivity index (χ3n) is 5.59. The third kappa shape index (κ3) is 3.77. The molecule has 3 heterocycles. The van der Waals surface area contributed by atoms with Crippen molar-refractivity contribution >= 4 is 17.5 Å². The van der Waals surface area contributed by atoms with Crippen molar-refractivity contribution in [3.63, 3.8) is 0 Å². The van der Waals surface area contributed by atoms with E-state index in [2.05, 4.69) is 15.4 Å². The lowest BCUT2D eigenvalue weighted by atomic mass is 9.92. The fourth-order valence-electron chi connectivity index (χ4n) is 3.82. The zero-order valence-corrected chi connectivity index (χ0v) is 16.0. The molecule has 0 atom stereocenters. The molecule has 0 aliphatic heterocycles. The first-order valence-electron chi connectivity index (χ1n) is 10.1. The van der Waals surface area contributed by atoms with Crippen LogP contribution in [-0.2, 0) is 0 Å². The first kappa shape index (κ1) is 18.0. The molecule has 0 aromatic carbocycles. The van der Waals surface area contributed by atoms with Gasteiger partial charge in [0.05, 0.1) is 12.2 Å². The highest BCUT2D eigenvalue weighted by atomic mass is 16.3. The van der Waals surface area contributed by atoms with Gasteiger partial charge in [-0.25, -0.2) is 4.98 Å². The Balaban J connectivity index is 1.58. The Morgan fingerprint density at radius 2 is 1.97 bits per heavy atom. The normalized spacial score (nSPS) is 23.8. The van der Waals surface area contributed by atoms with Gasteiger partial charge in [-0.1, -0.05) is 0 Å². The van der Waals surface area contributed by atoms with Gasteiger partial charge in [0.1, 0.15) is 5.82 Å². The molecule has 2 aliphatic carbocycles. The van der Waals surface area contributed by atoms with Crippen molar-refractivity contribution < 1.29 is 10.2 Å². The number of aromatic amines is 1. The molecule has 0 radical (unpaired) electrons. The number of nitrogens with two attached hydrogens (primary N) is 1. The maximum atomic E-state index is 9.94. The highest BCUT2D eigenvalue weighted by Gasteiger charge is 2.21. The van der Waals surface area contributed by atoms with Gasteiger partial charge in [0.2, 0.25) is 0 Å². The van der Waals surface area contributed by atoms with Crippen LogP contribution in [0.5, 0.6) is 11.8 Å². The minimum atomic E-state index is -0.0995. The summed E-state index contributed by atoms with van der Waals surface area (Å²) in [5.41, 5.74) is 7.93. The van der Waals surface area contributed by atoms with E-state index in [1.165, 1.54) is 6.07 Å². The van der Waals surface area contributed by atoms with E-state index in [-0.39, 0.29) is 11.8 Å². The lowest BCUT2D eigenvalue weighted by molar-refractivity contribution is 0.410. The Hall–Kier alpha value is -3.07. The summed E-state index contributed by atoms with van der Waals surface area (Å²) >= 11 is 0. The first-order valence-corrected chi connectivity index (χ1v) is 10.1. The standard InChI is InChI=1S/C20H25N7O2/c21-13-1-3-14(4-2-13)23-16-9-17(24-15-5-6-15)27-19(25-16)12(10-22-27)7-11-8-18(28)26-20(11)29/h7-10,13-15,23,26,28-29H,1-6,21H2. The van der Waals surface area contributed by atoms with Crippen molar-refractivity contribution in [1.29, 1.82) is 0 Å². The van der Waals surface area contributed by atoms with Crippen molar-refractivity contribution in [1.82, 2.24) is 19.6 Å². The Kier molecular flexibility index (Phi) is 4.39. The predicted molar refractivity (Wildman–Crippen MR) is 108 cm³/mol. The largest absolute Gasteiger partial charge is 0.494 e. The van der Waals surface area contributed by atoms with Crippen LogP contribution in [0.1, 0.15) is 44.1 Å². The molecule has 2 fully saturated rings. The van der Waals surface area contributed by atoms with E-state index in [1.54, 1.807) is 16.8 Å². The van der Waals surface area contributed by atoms with Crippen molar-refractivity contribution in [2.45, 2.75) is 56.7 Å². The average molecular weight is 395 g/mol. The summed E-state index contributed by atoms with van der Waals surface area (Å²) in [6.45, 7) is 0. The van der Waals surface area contributed by atoms with Crippen molar-refractivity contribution in [2.75, 3.05) is 5.32 Å². The highest BCUT2D eigenvalue weighted by Crippen LogP contribution is 2.24. The molecule has 2 saturated carbocycles. The van der Waals surface area contributed by atoms with Gasteiger partial charge in [-0.2, -0.15) is 9.61 Å². The fourth-order valence-corrected chi connectivity index (χ4v) is 3.82. The number of nitrogens with zero attached hydrogens (tertiary/aromatic N) is 4. The van der Waals surface area contributed by atoms with Gasteiger partial charge in [-0.15, -0.1) is 0 Å². The summed E-state index contributed by atoms with van der Waals surface area (Å²) in [5, 5.41) is 28.3. The van der Waals surface area contributed by atoms with Crippen LogP contribution in [0, 0.1) is 0 Å². The molecule has 0 saturated heterocycles. The maximum Gasteiger partial charge on any atom is 0.198 e. The summed E-state index contributed by atoms with van der Waals surface area (Å²) in [5.74, 6) is 0.576. The second kappa shape index (κ2) is 7.07. The Morgan fingerprint density at radius 3 is 2.66 bits per heavy atom. The highest BCUT2D eigenvalue weighted by molar-refractivity contribution is 5.62. The molecule has 0 unspecified atom stereocenters. The van der Waals surface area contributed by atoms with Crippen LogP contribution in [-0.4, -0.2) is 47.9 Å². The number of H-pyrrole nitrogens is 1. The Bertz CT molecular complexity index is 1150. The van der Waals surface area contributed by atoms with Gasteiger partial charge in [0, 0.05) is 35.0 Å². The second-order valence-corrected chi connectivity index (χ2v) is 8.05. The molecular formula is C20H25N7O2. The molecule has 3 aromatic rings. The van der Waals surface area contributed by atoms with E-state index < -0.39 is 0 Å². The quantitative estimate of drug-likeness (QED) is 0.442. The summed E-state index contributed by atoms with van der Waals surface area (Å²) in [6.07, 6.45) is 9.72. The summed E-state index contributed by atoms with van der Waals surface area (Å²) < 4.78 is 1.73. The maximum absolute atomic E-state index is 9.94. The number of anilines is 1. The van der Waals surface area contributed by atoms with E-state index in [9.17, 15) is 10.2 Å².